The standard InChI is InChI=1S/C25H23NO5/c1-4-30-19-7-5-6-18(14-19)26-22(20-13-10-16(3)31-20)21(24(28)25(26)29)23(27)17-11-8-15(2)9-12-17/h5-14,22,27H,4H2,1-3H3/b23-21-. The largest absolute Gasteiger partial charge is 0.507 e. The molecular weight excluding hydrogens is 394 g/mol. The second-order valence-corrected chi connectivity index (χ2v) is 7.41. The van der Waals surface area contributed by atoms with Gasteiger partial charge in [0.05, 0.1) is 12.2 Å². The summed E-state index contributed by atoms with van der Waals surface area (Å²) < 4.78 is 11.4. The molecule has 6 nitrogen and oxygen atoms in total. The van der Waals surface area contributed by atoms with Gasteiger partial charge in [0.2, 0.25) is 0 Å². The van der Waals surface area contributed by atoms with Crippen LogP contribution in [0.4, 0.5) is 5.69 Å². The van der Waals surface area contributed by atoms with E-state index in [1.807, 2.05) is 26.0 Å². The quantitative estimate of drug-likeness (QED) is 0.362. The summed E-state index contributed by atoms with van der Waals surface area (Å²) in [5, 5.41) is 11.1. The van der Waals surface area contributed by atoms with Crippen molar-refractivity contribution in [2.45, 2.75) is 26.8 Å². The number of nitrogens with zero attached hydrogens (tertiary/aromatic N) is 1. The topological polar surface area (TPSA) is 80.0 Å². The number of aryl methyl sites for hydroxylation is 2. The number of ketones is 1. The van der Waals surface area contributed by atoms with Gasteiger partial charge in [-0.25, -0.2) is 0 Å². The molecule has 1 amide bonds. The van der Waals surface area contributed by atoms with Crippen LogP contribution in [-0.4, -0.2) is 23.4 Å². The van der Waals surface area contributed by atoms with Gasteiger partial charge in [-0.15, -0.1) is 0 Å². The van der Waals surface area contributed by atoms with Crippen LogP contribution in [0.25, 0.3) is 5.76 Å². The molecule has 0 aliphatic carbocycles. The second kappa shape index (κ2) is 8.14. The van der Waals surface area contributed by atoms with Crippen LogP contribution in [0, 0.1) is 13.8 Å². The van der Waals surface area contributed by atoms with Crippen molar-refractivity contribution in [3.05, 3.63) is 88.9 Å². The molecule has 1 aliphatic heterocycles. The third kappa shape index (κ3) is 3.72. The molecule has 2 aromatic carbocycles. The normalized spacial score (nSPS) is 17.9. The molecule has 1 aliphatic rings. The fourth-order valence-electron chi connectivity index (χ4n) is 3.73. The molecule has 1 saturated heterocycles. The number of ether oxygens (including phenoxy) is 1. The molecule has 3 aromatic rings. The zero-order valence-corrected chi connectivity index (χ0v) is 17.6. The third-order valence-corrected chi connectivity index (χ3v) is 5.21. The van der Waals surface area contributed by atoms with Crippen molar-refractivity contribution in [3.63, 3.8) is 0 Å². The van der Waals surface area contributed by atoms with Crippen LogP contribution in [0.3, 0.4) is 0 Å². The van der Waals surface area contributed by atoms with Gasteiger partial charge in [-0.05, 0) is 45.0 Å². The van der Waals surface area contributed by atoms with Gasteiger partial charge in [-0.2, -0.15) is 0 Å². The molecule has 0 bridgehead atoms. The van der Waals surface area contributed by atoms with E-state index in [4.69, 9.17) is 9.15 Å². The van der Waals surface area contributed by atoms with E-state index < -0.39 is 17.7 Å². The molecule has 4 rings (SSSR count). The lowest BCUT2D eigenvalue weighted by atomic mass is 9.98. The van der Waals surface area contributed by atoms with Crippen LogP contribution in [0.5, 0.6) is 5.75 Å². The molecule has 1 N–H and O–H groups in total. The summed E-state index contributed by atoms with van der Waals surface area (Å²) in [5.74, 6) is -0.123. The van der Waals surface area contributed by atoms with Crippen molar-refractivity contribution in [3.8, 4) is 5.75 Å². The average molecular weight is 417 g/mol. The van der Waals surface area contributed by atoms with E-state index in [0.29, 0.717) is 35.1 Å². The first-order valence-electron chi connectivity index (χ1n) is 10.1. The highest BCUT2D eigenvalue weighted by Gasteiger charge is 2.48. The number of hydrogen-bond acceptors (Lipinski definition) is 5. The highest BCUT2D eigenvalue weighted by Crippen LogP contribution is 2.43. The van der Waals surface area contributed by atoms with Crippen molar-refractivity contribution in [2.24, 2.45) is 0 Å². The number of aliphatic hydroxyl groups is 1. The van der Waals surface area contributed by atoms with Gasteiger partial charge in [0, 0.05) is 17.3 Å². The van der Waals surface area contributed by atoms with Crippen molar-refractivity contribution >= 4 is 23.1 Å². The molecule has 0 saturated carbocycles. The number of furan rings is 1. The number of hydrogen-bond donors (Lipinski definition) is 1. The lowest BCUT2D eigenvalue weighted by Gasteiger charge is -2.24. The molecular formula is C25H23NO5. The van der Waals surface area contributed by atoms with Crippen molar-refractivity contribution in [2.75, 3.05) is 11.5 Å². The molecule has 1 fully saturated rings. The number of carbonyl (C=O) groups excluding carboxylic acids is 2. The first-order chi connectivity index (χ1) is 14.9. The molecule has 1 unspecified atom stereocenters. The molecule has 1 atom stereocenters. The van der Waals surface area contributed by atoms with Gasteiger partial charge in [0.1, 0.15) is 29.1 Å². The van der Waals surface area contributed by atoms with Gasteiger partial charge < -0.3 is 14.3 Å². The molecule has 6 heteroatoms. The predicted molar refractivity (Wildman–Crippen MR) is 117 cm³/mol. The molecule has 2 heterocycles. The first kappa shape index (κ1) is 20.5. The number of rotatable bonds is 5. The zero-order valence-electron chi connectivity index (χ0n) is 17.6. The van der Waals surface area contributed by atoms with Crippen molar-refractivity contribution in [1.29, 1.82) is 0 Å². The van der Waals surface area contributed by atoms with E-state index in [9.17, 15) is 14.7 Å². The summed E-state index contributed by atoms with van der Waals surface area (Å²) in [6.07, 6.45) is 0. The highest BCUT2D eigenvalue weighted by molar-refractivity contribution is 6.51. The molecule has 1 aromatic heterocycles. The monoisotopic (exact) mass is 417 g/mol. The first-order valence-corrected chi connectivity index (χ1v) is 10.1. The minimum atomic E-state index is -0.896. The van der Waals surface area contributed by atoms with E-state index in [1.165, 1.54) is 4.90 Å². The van der Waals surface area contributed by atoms with Crippen LogP contribution in [-0.2, 0) is 9.59 Å². The number of anilines is 1. The molecule has 158 valence electrons. The van der Waals surface area contributed by atoms with Crippen LogP contribution in [0.2, 0.25) is 0 Å². The van der Waals surface area contributed by atoms with Crippen molar-refractivity contribution < 1.29 is 23.8 Å². The third-order valence-electron chi connectivity index (χ3n) is 5.21. The maximum absolute atomic E-state index is 13.1. The fraction of sp³-hybridized carbons (Fsp3) is 0.200. The minimum Gasteiger partial charge on any atom is -0.507 e. The summed E-state index contributed by atoms with van der Waals surface area (Å²) in [6.45, 7) is 6.05. The average Bonchev–Trinajstić information content (AvgIpc) is 3.29. The van der Waals surface area contributed by atoms with Crippen LogP contribution >= 0.6 is 0 Å². The van der Waals surface area contributed by atoms with E-state index in [-0.39, 0.29) is 11.3 Å². The SMILES string of the molecule is CCOc1cccc(N2C(=O)C(=O)/C(=C(\O)c3ccc(C)cc3)C2c2ccc(C)o2)c1. The fourth-order valence-corrected chi connectivity index (χ4v) is 3.73. The van der Waals surface area contributed by atoms with Gasteiger partial charge in [-0.3, -0.25) is 14.5 Å². The molecule has 0 radical (unpaired) electrons. The Morgan fingerprint density at radius 2 is 1.81 bits per heavy atom. The summed E-state index contributed by atoms with van der Waals surface area (Å²) >= 11 is 0. The Morgan fingerprint density at radius 1 is 1.06 bits per heavy atom. The number of Topliss-reactive ketones (excluding diaryl/α,β-unsaturated/α-hetero) is 1. The number of benzene rings is 2. The smallest absolute Gasteiger partial charge is 0.300 e. The van der Waals surface area contributed by atoms with Crippen LogP contribution < -0.4 is 9.64 Å². The minimum absolute atomic E-state index is 0.00924. The Hall–Kier alpha value is -3.80. The summed E-state index contributed by atoms with van der Waals surface area (Å²) in [7, 11) is 0. The summed E-state index contributed by atoms with van der Waals surface area (Å²) in [5.41, 5.74) is 1.95. The molecule has 31 heavy (non-hydrogen) atoms. The van der Waals surface area contributed by atoms with Gasteiger partial charge in [-0.1, -0.05) is 35.9 Å². The van der Waals surface area contributed by atoms with E-state index >= 15 is 0 Å². The summed E-state index contributed by atoms with van der Waals surface area (Å²) in [4.78, 5) is 27.6. The van der Waals surface area contributed by atoms with Gasteiger partial charge in [0.25, 0.3) is 11.7 Å². The van der Waals surface area contributed by atoms with Crippen LogP contribution in [0.1, 0.15) is 35.6 Å². The Balaban J connectivity index is 1.90. The zero-order chi connectivity index (χ0) is 22.1. The van der Waals surface area contributed by atoms with Gasteiger partial charge >= 0.3 is 0 Å². The predicted octanol–water partition coefficient (Wildman–Crippen LogP) is 4.92. The second-order valence-electron chi connectivity index (χ2n) is 7.41. The van der Waals surface area contributed by atoms with E-state index in [1.54, 1.807) is 55.5 Å². The Morgan fingerprint density at radius 3 is 2.45 bits per heavy atom. The van der Waals surface area contributed by atoms with E-state index in [2.05, 4.69) is 0 Å². The lowest BCUT2D eigenvalue weighted by molar-refractivity contribution is -0.132. The number of aliphatic hydroxyl groups excluding tert-OH is 1. The maximum Gasteiger partial charge on any atom is 0.300 e. The molecule has 0 spiro atoms. The van der Waals surface area contributed by atoms with E-state index in [0.717, 1.165) is 5.56 Å². The highest BCUT2D eigenvalue weighted by atomic mass is 16.5. The number of carbonyl (C=O) groups is 2. The van der Waals surface area contributed by atoms with Gasteiger partial charge in [0.15, 0.2) is 0 Å². The Kier molecular flexibility index (Phi) is 5.38. The lowest BCUT2D eigenvalue weighted by Crippen LogP contribution is -2.29. The van der Waals surface area contributed by atoms with Crippen LogP contribution in [0.15, 0.2) is 70.7 Å². The maximum atomic E-state index is 13.1. The van der Waals surface area contributed by atoms with Crippen molar-refractivity contribution in [1.82, 2.24) is 0 Å². The Labute approximate surface area is 180 Å². The summed E-state index contributed by atoms with van der Waals surface area (Å²) in [6, 6.07) is 16.7. The Bertz CT molecular complexity index is 1170. The number of amides is 1.